The van der Waals surface area contributed by atoms with E-state index in [2.05, 4.69) is 5.32 Å². The van der Waals surface area contributed by atoms with Crippen LogP contribution in [0.25, 0.3) is 0 Å². The Morgan fingerprint density at radius 3 is 2.32 bits per heavy atom. The fourth-order valence-electron chi connectivity index (χ4n) is 1.94. The fraction of sp³-hybridized carbons (Fsp3) is 0.500. The molecule has 0 unspecified atom stereocenters. The predicted octanol–water partition coefficient (Wildman–Crippen LogP) is 3.93. The maximum absolute atomic E-state index is 13.8. The second-order valence-corrected chi connectivity index (χ2v) is 6.78. The molecule has 1 aromatic rings. The molecule has 22 heavy (non-hydrogen) atoms. The van der Waals surface area contributed by atoms with Gasteiger partial charge in [-0.05, 0) is 38.5 Å². The molecule has 5 nitrogen and oxygen atoms in total. The Bertz CT molecular complexity index is 576. The van der Waals surface area contributed by atoms with Crippen molar-refractivity contribution in [1.29, 1.82) is 0 Å². The summed E-state index contributed by atoms with van der Waals surface area (Å²) in [5, 5.41) is 11.3. The predicted molar refractivity (Wildman–Crippen MR) is 81.5 cm³/mol. The molecular weight excluding hydrogens is 289 g/mol. The van der Waals surface area contributed by atoms with E-state index in [1.807, 2.05) is 0 Å². The molecule has 0 heterocycles. The van der Waals surface area contributed by atoms with E-state index in [9.17, 15) is 14.0 Å². The van der Waals surface area contributed by atoms with Crippen molar-refractivity contribution in [2.75, 3.05) is 5.32 Å². The molecule has 0 aliphatic carbocycles. The van der Waals surface area contributed by atoms with E-state index in [1.165, 1.54) is 18.2 Å². The summed E-state index contributed by atoms with van der Waals surface area (Å²) in [6.07, 6.45) is -0.871. The third-order valence-electron chi connectivity index (χ3n) is 2.98. The van der Waals surface area contributed by atoms with Crippen molar-refractivity contribution < 1.29 is 23.8 Å². The summed E-state index contributed by atoms with van der Waals surface area (Å²) in [5.74, 6) is -1.56. The lowest BCUT2D eigenvalue weighted by atomic mass is 9.81. The molecular formula is C16H22FNO4. The van der Waals surface area contributed by atoms with Gasteiger partial charge in [-0.15, -0.1) is 0 Å². The van der Waals surface area contributed by atoms with E-state index in [0.29, 0.717) is 5.56 Å². The Hall–Kier alpha value is -2.11. The molecule has 0 saturated heterocycles. The van der Waals surface area contributed by atoms with Gasteiger partial charge < -0.3 is 9.84 Å². The smallest absolute Gasteiger partial charge is 0.412 e. The number of nitrogens with one attached hydrogen (secondary N) is 1. The molecule has 0 aliphatic heterocycles. The minimum absolute atomic E-state index is 0.0368. The first-order valence-electron chi connectivity index (χ1n) is 6.92. The van der Waals surface area contributed by atoms with Gasteiger partial charge in [0, 0.05) is 5.41 Å². The normalized spacial score (nSPS) is 11.9. The topological polar surface area (TPSA) is 75.6 Å². The van der Waals surface area contributed by atoms with Crippen LogP contribution in [0.5, 0.6) is 0 Å². The summed E-state index contributed by atoms with van der Waals surface area (Å²) >= 11 is 0. The first-order valence-corrected chi connectivity index (χ1v) is 6.92. The number of carbonyl (C=O) groups excluding carboxylic acids is 1. The van der Waals surface area contributed by atoms with Crippen LogP contribution < -0.4 is 5.32 Å². The van der Waals surface area contributed by atoms with Gasteiger partial charge >= 0.3 is 12.1 Å². The maximum atomic E-state index is 13.8. The SMILES string of the molecule is CC(C)(C)OC(=O)Nc1cc(C(C)(C)CC(=O)O)ccc1F. The molecule has 0 aromatic heterocycles. The Labute approximate surface area is 129 Å². The highest BCUT2D eigenvalue weighted by atomic mass is 19.1. The number of aliphatic carboxylic acids is 1. The van der Waals surface area contributed by atoms with Gasteiger partial charge in [0.05, 0.1) is 12.1 Å². The molecule has 1 amide bonds. The lowest BCUT2D eigenvalue weighted by Gasteiger charge is -2.24. The quantitative estimate of drug-likeness (QED) is 0.883. The number of carboxylic acids is 1. The van der Waals surface area contributed by atoms with Crippen LogP contribution in [0, 0.1) is 5.82 Å². The summed E-state index contributed by atoms with van der Waals surface area (Å²) in [5.41, 5.74) is -0.808. The number of ether oxygens (including phenoxy) is 1. The molecule has 122 valence electrons. The maximum Gasteiger partial charge on any atom is 0.412 e. The van der Waals surface area contributed by atoms with Crippen LogP contribution in [-0.2, 0) is 14.9 Å². The van der Waals surface area contributed by atoms with Crippen molar-refractivity contribution in [3.05, 3.63) is 29.6 Å². The van der Waals surface area contributed by atoms with Gasteiger partial charge in [-0.1, -0.05) is 19.9 Å². The second-order valence-electron chi connectivity index (χ2n) is 6.78. The summed E-state index contributed by atoms with van der Waals surface area (Å²) in [6.45, 7) is 8.59. The van der Waals surface area contributed by atoms with Crippen LogP contribution in [0.3, 0.4) is 0 Å². The number of amides is 1. The van der Waals surface area contributed by atoms with Crippen LogP contribution >= 0.6 is 0 Å². The largest absolute Gasteiger partial charge is 0.481 e. The van der Waals surface area contributed by atoms with E-state index in [1.54, 1.807) is 34.6 Å². The number of carbonyl (C=O) groups is 2. The Morgan fingerprint density at radius 2 is 1.82 bits per heavy atom. The molecule has 0 saturated carbocycles. The summed E-state index contributed by atoms with van der Waals surface area (Å²) in [4.78, 5) is 22.6. The average Bonchev–Trinajstić information content (AvgIpc) is 2.27. The van der Waals surface area contributed by atoms with Crippen molar-refractivity contribution in [2.24, 2.45) is 0 Å². The van der Waals surface area contributed by atoms with Crippen LogP contribution in [0.1, 0.15) is 46.6 Å². The monoisotopic (exact) mass is 311 g/mol. The first-order chi connectivity index (χ1) is 9.90. The zero-order chi connectivity index (χ0) is 17.1. The summed E-state index contributed by atoms with van der Waals surface area (Å²) < 4.78 is 18.9. The molecule has 6 heteroatoms. The van der Waals surface area contributed by atoms with E-state index >= 15 is 0 Å². The van der Waals surface area contributed by atoms with E-state index in [0.717, 1.165) is 0 Å². The average molecular weight is 311 g/mol. The number of anilines is 1. The van der Waals surface area contributed by atoms with Crippen molar-refractivity contribution in [3.63, 3.8) is 0 Å². The number of halogens is 1. The minimum Gasteiger partial charge on any atom is -0.481 e. The highest BCUT2D eigenvalue weighted by molar-refractivity contribution is 5.85. The lowest BCUT2D eigenvalue weighted by molar-refractivity contribution is -0.138. The molecule has 1 aromatic carbocycles. The van der Waals surface area contributed by atoms with Crippen molar-refractivity contribution in [2.45, 2.75) is 52.1 Å². The standard InChI is InChI=1S/C16H22FNO4/c1-15(2,3)22-14(21)18-12-8-10(6-7-11(12)17)16(4,5)9-13(19)20/h6-8H,9H2,1-5H3,(H,18,21)(H,19,20). The third kappa shape index (κ3) is 5.35. The van der Waals surface area contributed by atoms with Gasteiger partial charge in [-0.2, -0.15) is 0 Å². The van der Waals surface area contributed by atoms with Gasteiger partial charge in [-0.25, -0.2) is 9.18 Å². The highest BCUT2D eigenvalue weighted by Gasteiger charge is 2.25. The van der Waals surface area contributed by atoms with Crippen molar-refractivity contribution in [1.82, 2.24) is 0 Å². The number of carboxylic acid groups (broad SMARTS) is 1. The first kappa shape index (κ1) is 17.9. The van der Waals surface area contributed by atoms with Gasteiger partial charge in [0.2, 0.25) is 0 Å². The van der Waals surface area contributed by atoms with Crippen molar-refractivity contribution in [3.8, 4) is 0 Å². The molecule has 0 atom stereocenters. The van der Waals surface area contributed by atoms with Crippen LogP contribution in [-0.4, -0.2) is 22.8 Å². The zero-order valence-electron chi connectivity index (χ0n) is 13.5. The van der Waals surface area contributed by atoms with Gasteiger partial charge in [0.1, 0.15) is 11.4 Å². The Kier molecular flexibility index (Phi) is 5.17. The van der Waals surface area contributed by atoms with Crippen molar-refractivity contribution >= 4 is 17.7 Å². The lowest BCUT2D eigenvalue weighted by Crippen LogP contribution is -2.28. The highest BCUT2D eigenvalue weighted by Crippen LogP contribution is 2.30. The number of hydrogen-bond acceptors (Lipinski definition) is 3. The second kappa shape index (κ2) is 6.34. The van der Waals surface area contributed by atoms with Gasteiger partial charge in [0.15, 0.2) is 0 Å². The summed E-state index contributed by atoms with van der Waals surface area (Å²) in [6, 6.07) is 4.15. The molecule has 2 N–H and O–H groups in total. The number of benzene rings is 1. The van der Waals surface area contributed by atoms with Crippen LogP contribution in [0.2, 0.25) is 0 Å². The van der Waals surface area contributed by atoms with E-state index in [-0.39, 0.29) is 12.1 Å². The van der Waals surface area contributed by atoms with E-state index < -0.39 is 28.9 Å². The van der Waals surface area contributed by atoms with Gasteiger partial charge in [-0.3, -0.25) is 10.1 Å². The Balaban J connectivity index is 3.00. The van der Waals surface area contributed by atoms with Crippen LogP contribution in [0.15, 0.2) is 18.2 Å². The molecule has 0 radical (unpaired) electrons. The van der Waals surface area contributed by atoms with Crippen LogP contribution in [0.4, 0.5) is 14.9 Å². The molecule has 0 bridgehead atoms. The minimum atomic E-state index is -0.948. The number of hydrogen-bond donors (Lipinski definition) is 2. The fourth-order valence-corrected chi connectivity index (χ4v) is 1.94. The zero-order valence-corrected chi connectivity index (χ0v) is 13.5. The number of rotatable bonds is 4. The third-order valence-corrected chi connectivity index (χ3v) is 2.98. The molecule has 0 spiro atoms. The Morgan fingerprint density at radius 1 is 1.23 bits per heavy atom. The molecule has 0 fully saturated rings. The van der Waals surface area contributed by atoms with E-state index in [4.69, 9.17) is 9.84 Å². The summed E-state index contributed by atoms with van der Waals surface area (Å²) in [7, 11) is 0. The molecule has 1 rings (SSSR count). The molecule has 0 aliphatic rings. The van der Waals surface area contributed by atoms with Gasteiger partial charge in [0.25, 0.3) is 0 Å².